The van der Waals surface area contributed by atoms with Crippen molar-refractivity contribution in [2.45, 2.75) is 18.9 Å². The van der Waals surface area contributed by atoms with E-state index in [0.29, 0.717) is 35.1 Å². The minimum absolute atomic E-state index is 0.0652. The highest BCUT2D eigenvalue weighted by Gasteiger charge is 2.29. The van der Waals surface area contributed by atoms with E-state index < -0.39 is 0 Å². The molecule has 0 aliphatic carbocycles. The molecule has 2 aromatic rings. The number of para-hydroxylation sites is 1. The highest BCUT2D eigenvalue weighted by Crippen LogP contribution is 2.33. The van der Waals surface area contributed by atoms with Gasteiger partial charge >= 0.3 is 0 Å². The third kappa shape index (κ3) is 3.85. The van der Waals surface area contributed by atoms with Gasteiger partial charge in [0.1, 0.15) is 11.9 Å². The molecule has 2 aromatic carbocycles. The minimum atomic E-state index is -0.215. The number of likely N-dealkylation sites (tertiary alicyclic amines) is 1. The zero-order chi connectivity index (χ0) is 18.8. The molecule has 4 rings (SSSR count). The Morgan fingerprint density at radius 2 is 1.89 bits per heavy atom. The van der Waals surface area contributed by atoms with Crippen LogP contribution in [-0.4, -0.2) is 42.5 Å². The first-order valence-electron chi connectivity index (χ1n) is 8.87. The Bertz CT molecular complexity index is 861. The molecule has 0 spiro atoms. The van der Waals surface area contributed by atoms with Crippen molar-refractivity contribution in [3.8, 4) is 11.5 Å². The standard InChI is InChI=1S/C20H19ClN2O4/c21-13-4-6-14(7-5-13)27-15-8-10-23(11-9-15)20(25)16-2-1-3-17-19(16)26-12-18(24)22-17/h1-7,15H,8-12H2,(H,22,24). The van der Waals surface area contributed by atoms with Gasteiger partial charge in [0.2, 0.25) is 0 Å². The molecule has 0 bridgehead atoms. The van der Waals surface area contributed by atoms with Gasteiger partial charge in [-0.25, -0.2) is 0 Å². The molecule has 7 heteroatoms. The van der Waals surface area contributed by atoms with Crippen LogP contribution >= 0.6 is 11.6 Å². The lowest BCUT2D eigenvalue weighted by Crippen LogP contribution is -2.42. The van der Waals surface area contributed by atoms with Gasteiger partial charge in [-0.3, -0.25) is 9.59 Å². The molecule has 2 aliphatic heterocycles. The van der Waals surface area contributed by atoms with Crippen LogP contribution in [0.1, 0.15) is 23.2 Å². The van der Waals surface area contributed by atoms with Crippen LogP contribution in [0.25, 0.3) is 0 Å². The molecule has 2 aliphatic rings. The van der Waals surface area contributed by atoms with Crippen LogP contribution in [0.15, 0.2) is 42.5 Å². The number of carbonyl (C=O) groups is 2. The monoisotopic (exact) mass is 386 g/mol. The van der Waals surface area contributed by atoms with Crippen LogP contribution in [0, 0.1) is 0 Å². The number of hydrogen-bond donors (Lipinski definition) is 1. The summed E-state index contributed by atoms with van der Waals surface area (Å²) in [5.41, 5.74) is 1.02. The molecule has 0 unspecified atom stereocenters. The van der Waals surface area contributed by atoms with Crippen LogP contribution in [0.2, 0.25) is 5.02 Å². The van der Waals surface area contributed by atoms with E-state index in [1.165, 1.54) is 0 Å². The van der Waals surface area contributed by atoms with Crippen molar-refractivity contribution in [3.05, 3.63) is 53.1 Å². The highest BCUT2D eigenvalue weighted by molar-refractivity contribution is 6.30. The summed E-state index contributed by atoms with van der Waals surface area (Å²) in [6.45, 7) is 1.13. The maximum atomic E-state index is 12.9. The van der Waals surface area contributed by atoms with Crippen LogP contribution in [0.4, 0.5) is 5.69 Å². The van der Waals surface area contributed by atoms with Crippen molar-refractivity contribution in [3.63, 3.8) is 0 Å². The number of halogens is 1. The van der Waals surface area contributed by atoms with Gasteiger partial charge in [0.25, 0.3) is 11.8 Å². The molecule has 1 saturated heterocycles. The number of benzene rings is 2. The Kier molecular flexibility index (Phi) is 4.90. The average molecular weight is 387 g/mol. The van der Waals surface area contributed by atoms with Crippen molar-refractivity contribution < 1.29 is 19.1 Å². The second-order valence-electron chi connectivity index (χ2n) is 6.58. The molecule has 6 nitrogen and oxygen atoms in total. The van der Waals surface area contributed by atoms with Crippen LogP contribution in [0.5, 0.6) is 11.5 Å². The molecule has 2 amide bonds. The molecular weight excluding hydrogens is 368 g/mol. The number of anilines is 1. The van der Waals surface area contributed by atoms with Crippen molar-refractivity contribution in [2.24, 2.45) is 0 Å². The summed E-state index contributed by atoms with van der Waals surface area (Å²) in [4.78, 5) is 26.2. The fourth-order valence-corrected chi connectivity index (χ4v) is 3.46. The first kappa shape index (κ1) is 17.7. The van der Waals surface area contributed by atoms with Gasteiger partial charge in [-0.2, -0.15) is 0 Å². The number of nitrogens with one attached hydrogen (secondary N) is 1. The number of rotatable bonds is 3. The zero-order valence-corrected chi connectivity index (χ0v) is 15.4. The molecular formula is C20H19ClN2O4. The summed E-state index contributed by atoms with van der Waals surface area (Å²) >= 11 is 5.89. The molecule has 140 valence electrons. The first-order chi connectivity index (χ1) is 13.1. The van der Waals surface area contributed by atoms with Crippen LogP contribution < -0.4 is 14.8 Å². The molecule has 1 N–H and O–H groups in total. The van der Waals surface area contributed by atoms with E-state index >= 15 is 0 Å². The smallest absolute Gasteiger partial charge is 0.262 e. The second-order valence-corrected chi connectivity index (χ2v) is 7.02. The lowest BCUT2D eigenvalue weighted by molar-refractivity contribution is -0.118. The number of carbonyl (C=O) groups excluding carboxylic acids is 2. The first-order valence-corrected chi connectivity index (χ1v) is 9.25. The van der Waals surface area contributed by atoms with E-state index in [9.17, 15) is 9.59 Å². The number of piperidine rings is 1. The summed E-state index contributed by atoms with van der Waals surface area (Å²) in [5, 5.41) is 3.41. The Labute approximate surface area is 162 Å². The van der Waals surface area contributed by atoms with Gasteiger partial charge in [0, 0.05) is 31.0 Å². The highest BCUT2D eigenvalue weighted by atomic mass is 35.5. The van der Waals surface area contributed by atoms with Crippen molar-refractivity contribution in [1.29, 1.82) is 0 Å². The van der Waals surface area contributed by atoms with Gasteiger partial charge in [-0.05, 0) is 36.4 Å². The molecule has 0 aromatic heterocycles. The maximum absolute atomic E-state index is 12.9. The van der Waals surface area contributed by atoms with E-state index in [1.807, 2.05) is 12.1 Å². The average Bonchev–Trinajstić information content (AvgIpc) is 2.69. The van der Waals surface area contributed by atoms with E-state index in [1.54, 1.807) is 35.2 Å². The molecule has 0 atom stereocenters. The van der Waals surface area contributed by atoms with Gasteiger partial charge < -0.3 is 19.7 Å². The van der Waals surface area contributed by atoms with Gasteiger partial charge in [0.05, 0.1) is 11.3 Å². The molecule has 27 heavy (non-hydrogen) atoms. The maximum Gasteiger partial charge on any atom is 0.262 e. The van der Waals surface area contributed by atoms with E-state index in [0.717, 1.165) is 18.6 Å². The topological polar surface area (TPSA) is 67.9 Å². The third-order valence-electron chi connectivity index (χ3n) is 4.71. The minimum Gasteiger partial charge on any atom is -0.490 e. The van der Waals surface area contributed by atoms with E-state index in [4.69, 9.17) is 21.1 Å². The lowest BCUT2D eigenvalue weighted by Gasteiger charge is -2.33. The van der Waals surface area contributed by atoms with E-state index in [-0.39, 0.29) is 24.5 Å². The summed E-state index contributed by atoms with van der Waals surface area (Å²) in [6.07, 6.45) is 1.57. The zero-order valence-electron chi connectivity index (χ0n) is 14.6. The van der Waals surface area contributed by atoms with Gasteiger partial charge in [-0.15, -0.1) is 0 Å². The van der Waals surface area contributed by atoms with Gasteiger partial charge in [0.15, 0.2) is 12.4 Å². The van der Waals surface area contributed by atoms with Crippen molar-refractivity contribution in [1.82, 2.24) is 4.90 Å². The fourth-order valence-electron chi connectivity index (χ4n) is 3.34. The summed E-state index contributed by atoms with van der Waals surface area (Å²) in [5.74, 6) is 0.923. The van der Waals surface area contributed by atoms with Crippen LogP contribution in [-0.2, 0) is 4.79 Å². The fraction of sp³-hybridized carbons (Fsp3) is 0.300. The normalized spacial score (nSPS) is 16.9. The predicted molar refractivity (Wildman–Crippen MR) is 102 cm³/mol. The van der Waals surface area contributed by atoms with Crippen LogP contribution in [0.3, 0.4) is 0 Å². The number of nitrogens with zero attached hydrogens (tertiary/aromatic N) is 1. The molecule has 0 saturated carbocycles. The number of hydrogen-bond acceptors (Lipinski definition) is 4. The summed E-state index contributed by atoms with van der Waals surface area (Å²) in [7, 11) is 0. The number of amides is 2. The molecule has 2 heterocycles. The summed E-state index contributed by atoms with van der Waals surface area (Å²) < 4.78 is 11.5. The van der Waals surface area contributed by atoms with E-state index in [2.05, 4.69) is 5.32 Å². The Morgan fingerprint density at radius 3 is 2.63 bits per heavy atom. The lowest BCUT2D eigenvalue weighted by atomic mass is 10.0. The Balaban J connectivity index is 1.40. The Hall–Kier alpha value is -2.73. The third-order valence-corrected chi connectivity index (χ3v) is 4.96. The number of ether oxygens (including phenoxy) is 2. The second kappa shape index (κ2) is 7.48. The molecule has 1 fully saturated rings. The largest absolute Gasteiger partial charge is 0.490 e. The Morgan fingerprint density at radius 1 is 1.15 bits per heavy atom. The quantitative estimate of drug-likeness (QED) is 0.878. The summed E-state index contributed by atoms with van der Waals surface area (Å²) in [6, 6.07) is 12.5. The SMILES string of the molecule is O=C1COc2c(cccc2C(=O)N2CCC(Oc3ccc(Cl)cc3)CC2)N1. The predicted octanol–water partition coefficient (Wildman–Crippen LogP) is 3.35. The van der Waals surface area contributed by atoms with Crippen molar-refractivity contribution in [2.75, 3.05) is 25.0 Å². The number of fused-ring (bicyclic) bond motifs is 1. The van der Waals surface area contributed by atoms with Gasteiger partial charge in [-0.1, -0.05) is 17.7 Å². The van der Waals surface area contributed by atoms with Crippen molar-refractivity contribution >= 4 is 29.1 Å². The molecule has 0 radical (unpaired) electrons.